The van der Waals surface area contributed by atoms with Crippen LogP contribution in [0.3, 0.4) is 0 Å². The SMILES string of the molecule is Cc1ncsc1-c1ccc([C@H](C)NC(=O)[C@@H]2CCCN2C(=O)[C@H](c2cc(N3CCC(C(=O)N4CC(c5cc6cc(-c7ccccc7O)nnc6[nH]5)C4)CC3)no2)C(C)C)cc1. The number of H-pyrrole nitrogens is 1. The summed E-state index contributed by atoms with van der Waals surface area (Å²) in [5.74, 6) is 0.665. The molecule has 7 heterocycles. The van der Waals surface area contributed by atoms with E-state index in [0.717, 1.165) is 39.2 Å². The molecule has 0 bridgehead atoms. The number of nitrogens with one attached hydrogen (secondary N) is 2. The number of piperidine rings is 1. The van der Waals surface area contributed by atoms with Gasteiger partial charge in [0, 0.05) is 67.3 Å². The molecule has 14 nitrogen and oxygen atoms in total. The molecule has 3 amide bonds. The Balaban J connectivity index is 0.775. The van der Waals surface area contributed by atoms with Crippen LogP contribution in [-0.4, -0.2) is 96.7 Å². The highest BCUT2D eigenvalue weighted by atomic mass is 32.1. The summed E-state index contributed by atoms with van der Waals surface area (Å²) >= 11 is 1.61. The molecule has 3 atom stereocenters. The number of aryl methyl sites for hydroxylation is 1. The highest BCUT2D eigenvalue weighted by Gasteiger charge is 2.41. The zero-order valence-corrected chi connectivity index (χ0v) is 35.7. The highest BCUT2D eigenvalue weighted by Crippen LogP contribution is 2.36. The maximum Gasteiger partial charge on any atom is 0.243 e. The van der Waals surface area contributed by atoms with Crippen molar-refractivity contribution in [3.63, 3.8) is 0 Å². The number of aromatic hydroxyl groups is 1. The molecular formula is C46H51N9O5S. The summed E-state index contributed by atoms with van der Waals surface area (Å²) in [5.41, 5.74) is 7.88. The molecule has 9 rings (SSSR count). The van der Waals surface area contributed by atoms with Crippen LogP contribution >= 0.6 is 11.3 Å². The van der Waals surface area contributed by atoms with Gasteiger partial charge in [-0.25, -0.2) is 4.98 Å². The van der Waals surface area contributed by atoms with Crippen molar-refractivity contribution < 1.29 is 24.0 Å². The Morgan fingerprint density at radius 2 is 1.72 bits per heavy atom. The van der Waals surface area contributed by atoms with Gasteiger partial charge in [-0.1, -0.05) is 55.4 Å². The number of hydrogen-bond acceptors (Lipinski definition) is 11. The monoisotopic (exact) mass is 841 g/mol. The third kappa shape index (κ3) is 7.98. The van der Waals surface area contributed by atoms with Gasteiger partial charge in [0.2, 0.25) is 17.7 Å². The number of para-hydroxylation sites is 1. The van der Waals surface area contributed by atoms with Crippen LogP contribution in [0.5, 0.6) is 5.75 Å². The van der Waals surface area contributed by atoms with Gasteiger partial charge in [-0.05, 0) is 80.8 Å². The summed E-state index contributed by atoms with van der Waals surface area (Å²) in [7, 11) is 0. The second kappa shape index (κ2) is 16.8. The molecule has 0 saturated carbocycles. The maximum atomic E-state index is 14.3. The van der Waals surface area contributed by atoms with Crippen molar-refractivity contribution in [1.29, 1.82) is 0 Å². The first-order chi connectivity index (χ1) is 29.5. The van der Waals surface area contributed by atoms with Crippen molar-refractivity contribution >= 4 is 45.9 Å². The van der Waals surface area contributed by atoms with Crippen molar-refractivity contribution in [3.8, 4) is 27.4 Å². The Bertz CT molecular complexity index is 2550. The van der Waals surface area contributed by atoms with Crippen molar-refractivity contribution in [2.24, 2.45) is 11.8 Å². The van der Waals surface area contributed by atoms with Gasteiger partial charge < -0.3 is 34.6 Å². The summed E-state index contributed by atoms with van der Waals surface area (Å²) in [5, 5.41) is 27.4. The third-order valence-electron chi connectivity index (χ3n) is 12.7. The Kier molecular flexibility index (Phi) is 11.1. The molecule has 3 aliphatic heterocycles. The number of aromatic amines is 1. The van der Waals surface area contributed by atoms with Crippen molar-refractivity contribution in [2.75, 3.05) is 37.6 Å². The number of fused-ring (bicyclic) bond motifs is 1. The van der Waals surface area contributed by atoms with Crippen LogP contribution in [0.4, 0.5) is 5.82 Å². The molecule has 316 valence electrons. The zero-order chi connectivity index (χ0) is 42.4. The summed E-state index contributed by atoms with van der Waals surface area (Å²) in [4.78, 5) is 56.2. The number of hydrogen-bond donors (Lipinski definition) is 3. The predicted molar refractivity (Wildman–Crippen MR) is 233 cm³/mol. The second-order valence-corrected chi connectivity index (χ2v) is 17.9. The van der Waals surface area contributed by atoms with Crippen LogP contribution in [0.1, 0.15) is 87.0 Å². The minimum atomic E-state index is -0.586. The Morgan fingerprint density at radius 3 is 2.44 bits per heavy atom. The molecule has 6 aromatic rings. The molecule has 0 spiro atoms. The summed E-state index contributed by atoms with van der Waals surface area (Å²) < 4.78 is 5.89. The minimum absolute atomic E-state index is 0.0726. The second-order valence-electron chi connectivity index (χ2n) is 17.1. The smallest absolute Gasteiger partial charge is 0.243 e. The molecule has 2 aromatic carbocycles. The fraction of sp³-hybridized carbons (Fsp3) is 0.413. The van der Waals surface area contributed by atoms with Gasteiger partial charge >= 0.3 is 0 Å². The number of amides is 3. The lowest BCUT2D eigenvalue weighted by molar-refractivity contribution is -0.141. The van der Waals surface area contributed by atoms with Crippen LogP contribution in [0.2, 0.25) is 0 Å². The Hall–Kier alpha value is -6.09. The van der Waals surface area contributed by atoms with Gasteiger partial charge in [0.25, 0.3) is 0 Å². The molecule has 3 N–H and O–H groups in total. The number of likely N-dealkylation sites (tertiary alicyclic amines) is 2. The zero-order valence-electron chi connectivity index (χ0n) is 34.9. The van der Waals surface area contributed by atoms with Crippen LogP contribution < -0.4 is 10.2 Å². The normalized spacial score (nSPS) is 18.4. The molecule has 4 aromatic heterocycles. The summed E-state index contributed by atoms with van der Waals surface area (Å²) in [6.07, 6.45) is 2.75. The van der Waals surface area contributed by atoms with Crippen LogP contribution in [0.25, 0.3) is 32.7 Å². The van der Waals surface area contributed by atoms with E-state index in [9.17, 15) is 19.5 Å². The number of thiazole rings is 1. The van der Waals surface area contributed by atoms with E-state index in [1.807, 2.05) is 74.5 Å². The number of phenolic OH excluding ortho intramolecular Hbond substituents is 1. The van der Waals surface area contributed by atoms with Gasteiger partial charge in [-0.3, -0.25) is 14.4 Å². The first kappa shape index (κ1) is 40.3. The lowest BCUT2D eigenvalue weighted by Crippen LogP contribution is -2.52. The fourth-order valence-corrected chi connectivity index (χ4v) is 9.96. The van der Waals surface area contributed by atoms with E-state index in [-0.39, 0.29) is 47.3 Å². The van der Waals surface area contributed by atoms with Crippen LogP contribution in [0.15, 0.2) is 76.8 Å². The number of nitrogens with zero attached hydrogens (tertiary/aromatic N) is 7. The van der Waals surface area contributed by atoms with E-state index in [2.05, 4.69) is 53.7 Å². The number of carbonyl (C=O) groups is 3. The first-order valence-corrected chi connectivity index (χ1v) is 22.2. The van der Waals surface area contributed by atoms with E-state index in [0.29, 0.717) is 80.5 Å². The average Bonchev–Trinajstić information content (AvgIpc) is 4.08. The Labute approximate surface area is 358 Å². The van der Waals surface area contributed by atoms with E-state index in [4.69, 9.17) is 4.52 Å². The molecule has 3 saturated heterocycles. The number of aromatic nitrogens is 5. The van der Waals surface area contributed by atoms with Gasteiger partial charge in [-0.15, -0.1) is 21.5 Å². The number of benzene rings is 2. The van der Waals surface area contributed by atoms with E-state index < -0.39 is 12.0 Å². The topological polar surface area (TPSA) is 174 Å². The molecule has 3 aliphatic rings. The number of carbonyl (C=O) groups excluding carboxylic acids is 3. The van der Waals surface area contributed by atoms with Gasteiger partial charge in [-0.2, -0.15) is 0 Å². The fourth-order valence-electron chi connectivity index (χ4n) is 9.15. The van der Waals surface area contributed by atoms with E-state index in [1.54, 1.807) is 28.4 Å². The number of anilines is 1. The van der Waals surface area contributed by atoms with Gasteiger partial charge in [0.1, 0.15) is 17.7 Å². The van der Waals surface area contributed by atoms with Crippen molar-refractivity contribution in [2.45, 2.75) is 77.3 Å². The molecule has 0 unspecified atom stereocenters. The van der Waals surface area contributed by atoms with E-state index >= 15 is 0 Å². The first-order valence-electron chi connectivity index (χ1n) is 21.3. The van der Waals surface area contributed by atoms with Gasteiger partial charge in [0.05, 0.1) is 27.8 Å². The standard InChI is InChI=1S/C46H51N9O5S/c1-26(2)41(46(59)55-17-7-9-37(55)44(57)48-27(3)29-11-13-30(14-12-29)42-28(4)47-25-61-42)39-22-40(52-60-39)53-18-15-31(16-19-53)45(58)54-23-33(24-54)35-20-32-21-36(50-51-43(32)49-35)34-8-5-6-10-38(34)56/h5-6,8,10-14,20-22,25-27,31,33,37,41,56H,7,9,15-19,23-24H2,1-4H3,(H,48,57)(H,49,51)/t27-,37-,41-/m0/s1. The quantitative estimate of drug-likeness (QED) is 0.121. The molecule has 3 fully saturated rings. The lowest BCUT2D eigenvalue weighted by atomic mass is 9.90. The Morgan fingerprint density at radius 1 is 0.951 bits per heavy atom. The van der Waals surface area contributed by atoms with Crippen molar-refractivity contribution in [1.82, 2.24) is 40.4 Å². The van der Waals surface area contributed by atoms with Gasteiger partial charge in [0.15, 0.2) is 17.2 Å². The van der Waals surface area contributed by atoms with Crippen LogP contribution in [-0.2, 0) is 14.4 Å². The highest BCUT2D eigenvalue weighted by molar-refractivity contribution is 7.13. The van der Waals surface area contributed by atoms with Crippen LogP contribution in [0, 0.1) is 18.8 Å². The molecule has 0 radical (unpaired) electrons. The number of phenols is 1. The predicted octanol–water partition coefficient (Wildman–Crippen LogP) is 7.20. The molecular weight excluding hydrogens is 791 g/mol. The molecule has 0 aliphatic carbocycles. The number of rotatable bonds is 11. The maximum absolute atomic E-state index is 14.3. The molecule has 15 heteroatoms. The average molecular weight is 842 g/mol. The largest absolute Gasteiger partial charge is 0.507 e. The summed E-state index contributed by atoms with van der Waals surface area (Å²) in [6.45, 7) is 11.1. The molecule has 61 heavy (non-hydrogen) atoms. The van der Waals surface area contributed by atoms with E-state index in [1.165, 1.54) is 0 Å². The van der Waals surface area contributed by atoms with Crippen molar-refractivity contribution in [3.05, 3.63) is 95.0 Å². The third-order valence-corrected chi connectivity index (χ3v) is 13.7. The minimum Gasteiger partial charge on any atom is -0.507 e. The lowest BCUT2D eigenvalue weighted by Gasteiger charge is -2.42. The summed E-state index contributed by atoms with van der Waals surface area (Å²) in [6, 6.07) is 20.3.